The van der Waals surface area contributed by atoms with E-state index in [-0.39, 0.29) is 0 Å². The number of alkyl halides is 3. The lowest BCUT2D eigenvalue weighted by molar-refractivity contribution is -0.137. The number of hydrogen-bond donors (Lipinski definition) is 2. The van der Waals surface area contributed by atoms with Crippen LogP contribution in [0.2, 0.25) is 0 Å². The van der Waals surface area contributed by atoms with Gasteiger partial charge in [-0.1, -0.05) is 12.1 Å². The maximum Gasteiger partial charge on any atom is 0.416 e. The van der Waals surface area contributed by atoms with Crippen molar-refractivity contribution in [2.75, 3.05) is 18.6 Å². The molecule has 2 atom stereocenters. The van der Waals surface area contributed by atoms with Gasteiger partial charge in [0.05, 0.1) is 18.2 Å². The highest BCUT2D eigenvalue weighted by Gasteiger charge is 2.38. The van der Waals surface area contributed by atoms with Crippen LogP contribution in [0.25, 0.3) is 0 Å². The molecule has 0 saturated carbocycles. The van der Waals surface area contributed by atoms with Gasteiger partial charge in [-0.2, -0.15) is 24.9 Å². The smallest absolute Gasteiger partial charge is 0.416 e. The van der Waals surface area contributed by atoms with Crippen LogP contribution in [-0.4, -0.2) is 51.4 Å². The second kappa shape index (κ2) is 8.31. The molecule has 8 heteroatoms. The average Bonchev–Trinajstić information content (AvgIpc) is 2.48. The average molecular weight is 379 g/mol. The summed E-state index contributed by atoms with van der Waals surface area (Å²) in [5.41, 5.74) is -0.954. The van der Waals surface area contributed by atoms with Crippen molar-refractivity contribution in [3.63, 3.8) is 0 Å². The number of hydrogen-bond acceptors (Lipinski definition) is 3. The maximum atomic E-state index is 12.8. The van der Waals surface area contributed by atoms with E-state index in [9.17, 15) is 28.2 Å². The van der Waals surface area contributed by atoms with E-state index in [1.807, 2.05) is 6.26 Å². The molecule has 0 saturated heterocycles. The number of carbonyl (C=O) groups is 1. The Kier molecular flexibility index (Phi) is 7.19. The molecular weight excluding hydrogens is 355 g/mol. The second-order valence-corrected chi connectivity index (χ2v) is 7.67. The van der Waals surface area contributed by atoms with Crippen molar-refractivity contribution in [2.45, 2.75) is 44.4 Å². The highest BCUT2D eigenvalue weighted by molar-refractivity contribution is 7.98. The van der Waals surface area contributed by atoms with Gasteiger partial charge in [0, 0.05) is 17.2 Å². The van der Waals surface area contributed by atoms with Gasteiger partial charge in [-0.15, -0.1) is 0 Å². The second-order valence-electron chi connectivity index (χ2n) is 6.75. The van der Waals surface area contributed by atoms with Crippen LogP contribution in [0.5, 0.6) is 0 Å². The van der Waals surface area contributed by atoms with Crippen molar-refractivity contribution in [2.24, 2.45) is 0 Å². The zero-order valence-electron chi connectivity index (χ0n) is 14.7. The predicted octanol–water partition coefficient (Wildman–Crippen LogP) is 4.29. The van der Waals surface area contributed by atoms with Crippen molar-refractivity contribution < 1.29 is 28.2 Å². The van der Waals surface area contributed by atoms with Crippen LogP contribution in [-0.2, 0) is 6.18 Å². The standard InChI is InChI=1S/C17H24F3NO3S/c1-16(2,3)21(15(23)24)14(9-22)13(10-25-4)11-5-7-12(8-6-11)17(18,19)20/h5-8,13-14,22H,9-10H2,1-4H3,(H,23,24)/t13-,14+/m1/s1. The number of rotatable bonds is 6. The van der Waals surface area contributed by atoms with E-state index in [4.69, 9.17) is 0 Å². The van der Waals surface area contributed by atoms with Gasteiger partial charge in [-0.25, -0.2) is 4.79 Å². The third kappa shape index (κ3) is 5.54. The fraction of sp³-hybridized carbons (Fsp3) is 0.588. The molecule has 0 aliphatic rings. The van der Waals surface area contributed by atoms with Crippen LogP contribution >= 0.6 is 11.8 Å². The third-order valence-electron chi connectivity index (χ3n) is 3.92. The monoisotopic (exact) mass is 379 g/mol. The lowest BCUT2D eigenvalue weighted by Crippen LogP contribution is -2.55. The molecule has 4 nitrogen and oxygen atoms in total. The summed E-state index contributed by atoms with van der Waals surface area (Å²) in [5, 5.41) is 19.4. The van der Waals surface area contributed by atoms with E-state index in [1.54, 1.807) is 20.8 Å². The fourth-order valence-electron chi connectivity index (χ4n) is 2.84. The normalized spacial score (nSPS) is 14.9. The molecule has 1 rings (SSSR count). The third-order valence-corrected chi connectivity index (χ3v) is 4.62. The zero-order chi connectivity index (χ0) is 19.4. The fourth-order valence-corrected chi connectivity index (χ4v) is 3.62. The van der Waals surface area contributed by atoms with Crippen molar-refractivity contribution in [3.05, 3.63) is 35.4 Å². The molecule has 0 fully saturated rings. The van der Waals surface area contributed by atoms with Gasteiger partial charge in [-0.05, 0) is 44.7 Å². The first-order chi connectivity index (χ1) is 11.4. The van der Waals surface area contributed by atoms with Gasteiger partial charge in [0.15, 0.2) is 0 Å². The summed E-state index contributed by atoms with van der Waals surface area (Å²) in [6, 6.07) is 3.92. The lowest BCUT2D eigenvalue weighted by atomic mass is 9.89. The predicted molar refractivity (Wildman–Crippen MR) is 93.1 cm³/mol. The van der Waals surface area contributed by atoms with Gasteiger partial charge >= 0.3 is 12.3 Å². The van der Waals surface area contributed by atoms with Crippen molar-refractivity contribution >= 4 is 17.9 Å². The molecule has 1 amide bonds. The molecule has 0 unspecified atom stereocenters. The Morgan fingerprint density at radius 3 is 2.04 bits per heavy atom. The Hall–Kier alpha value is -1.41. The van der Waals surface area contributed by atoms with E-state index < -0.39 is 41.9 Å². The topological polar surface area (TPSA) is 60.8 Å². The first-order valence-electron chi connectivity index (χ1n) is 7.72. The lowest BCUT2D eigenvalue weighted by Gasteiger charge is -2.42. The Balaban J connectivity index is 3.29. The summed E-state index contributed by atoms with van der Waals surface area (Å²) in [7, 11) is 0. The molecule has 0 aromatic heterocycles. The van der Waals surface area contributed by atoms with E-state index >= 15 is 0 Å². The van der Waals surface area contributed by atoms with Gasteiger partial charge in [0.1, 0.15) is 0 Å². The van der Waals surface area contributed by atoms with Crippen LogP contribution in [0.15, 0.2) is 24.3 Å². The Bertz CT molecular complexity index is 570. The summed E-state index contributed by atoms with van der Waals surface area (Å²) >= 11 is 1.44. The maximum absolute atomic E-state index is 12.8. The van der Waals surface area contributed by atoms with E-state index in [1.165, 1.54) is 28.8 Å². The molecule has 142 valence electrons. The van der Waals surface area contributed by atoms with E-state index in [0.717, 1.165) is 12.1 Å². The molecule has 25 heavy (non-hydrogen) atoms. The van der Waals surface area contributed by atoms with Crippen molar-refractivity contribution in [1.82, 2.24) is 4.90 Å². The number of carboxylic acid groups (broad SMARTS) is 1. The minimum atomic E-state index is -4.43. The number of aliphatic hydroxyl groups excluding tert-OH is 1. The van der Waals surface area contributed by atoms with Crippen LogP contribution in [0.3, 0.4) is 0 Å². The molecule has 0 radical (unpaired) electrons. The Labute approximate surface area is 150 Å². The number of aliphatic hydroxyl groups is 1. The highest BCUT2D eigenvalue weighted by Crippen LogP contribution is 2.34. The number of halogens is 3. The van der Waals surface area contributed by atoms with Crippen LogP contribution in [0.1, 0.15) is 37.8 Å². The first-order valence-corrected chi connectivity index (χ1v) is 9.12. The minimum absolute atomic E-state index is 0.421. The molecule has 1 aromatic carbocycles. The number of thioether (sulfide) groups is 1. The number of amides is 1. The highest BCUT2D eigenvalue weighted by atomic mass is 32.2. The SMILES string of the molecule is CSC[C@H](c1ccc(C(F)(F)F)cc1)[C@H](CO)N(C(=O)O)C(C)(C)C. The molecule has 2 N–H and O–H groups in total. The number of nitrogens with zero attached hydrogens (tertiary/aromatic N) is 1. The molecular formula is C17H24F3NO3S. The summed E-state index contributed by atoms with van der Waals surface area (Å²) < 4.78 is 38.3. The van der Waals surface area contributed by atoms with Crippen LogP contribution in [0, 0.1) is 0 Å². The number of benzene rings is 1. The zero-order valence-corrected chi connectivity index (χ0v) is 15.5. The van der Waals surface area contributed by atoms with Crippen molar-refractivity contribution in [1.29, 1.82) is 0 Å². The summed E-state index contributed by atoms with van der Waals surface area (Å²) in [5.74, 6) is 0.0359. The Morgan fingerprint density at radius 1 is 1.20 bits per heavy atom. The summed E-state index contributed by atoms with van der Waals surface area (Å²) in [6.45, 7) is 4.72. The van der Waals surface area contributed by atoms with Crippen molar-refractivity contribution in [3.8, 4) is 0 Å². The minimum Gasteiger partial charge on any atom is -0.465 e. The first kappa shape index (κ1) is 21.6. The van der Waals surface area contributed by atoms with Crippen LogP contribution in [0.4, 0.5) is 18.0 Å². The summed E-state index contributed by atoms with van der Waals surface area (Å²) in [6.07, 6.45) is -3.78. The van der Waals surface area contributed by atoms with Gasteiger partial charge in [0.2, 0.25) is 0 Å². The molecule has 0 aliphatic heterocycles. The Morgan fingerprint density at radius 2 is 1.72 bits per heavy atom. The molecule has 0 bridgehead atoms. The summed E-state index contributed by atoms with van der Waals surface area (Å²) in [4.78, 5) is 12.9. The van der Waals surface area contributed by atoms with Gasteiger partial charge in [0.25, 0.3) is 0 Å². The van der Waals surface area contributed by atoms with E-state index in [2.05, 4.69) is 0 Å². The molecule has 0 heterocycles. The molecule has 0 spiro atoms. The van der Waals surface area contributed by atoms with Crippen LogP contribution < -0.4 is 0 Å². The quantitative estimate of drug-likeness (QED) is 0.774. The van der Waals surface area contributed by atoms with E-state index in [0.29, 0.717) is 11.3 Å². The van der Waals surface area contributed by atoms with Gasteiger partial charge < -0.3 is 10.2 Å². The molecule has 1 aromatic rings. The largest absolute Gasteiger partial charge is 0.465 e. The molecule has 0 aliphatic carbocycles. The van der Waals surface area contributed by atoms with Gasteiger partial charge in [-0.3, -0.25) is 4.90 Å².